The molecule has 3 unspecified atom stereocenters. The van der Waals surface area contributed by atoms with E-state index in [0.29, 0.717) is 6.61 Å². The molecule has 0 aliphatic carbocycles. The number of methoxy groups -OCH3 is 1. The third-order valence-electron chi connectivity index (χ3n) is 6.75. The second kappa shape index (κ2) is 17.1. The minimum atomic E-state index is -1.18. The van der Waals surface area contributed by atoms with E-state index in [4.69, 9.17) is 33.2 Å². The second-order valence-corrected chi connectivity index (χ2v) is 10.4. The number of nitrogens with one attached hydrogen (secondary N) is 1. The van der Waals surface area contributed by atoms with Crippen LogP contribution in [0, 0.1) is 5.92 Å². The van der Waals surface area contributed by atoms with Crippen LogP contribution in [0.15, 0.2) is 72.9 Å². The first-order valence-corrected chi connectivity index (χ1v) is 14.5. The van der Waals surface area contributed by atoms with Gasteiger partial charge in [0.05, 0.1) is 39.5 Å². The minimum absolute atomic E-state index is 0.0600. The van der Waals surface area contributed by atoms with Crippen molar-refractivity contribution in [1.82, 2.24) is 10.3 Å². The number of carbonyl (C=O) groups excluding carboxylic acids is 3. The van der Waals surface area contributed by atoms with Crippen molar-refractivity contribution in [2.75, 3.05) is 33.7 Å². The highest BCUT2D eigenvalue weighted by molar-refractivity contribution is 5.98. The Labute approximate surface area is 261 Å². The Balaban J connectivity index is 1.45. The molecule has 12 nitrogen and oxygen atoms in total. The van der Waals surface area contributed by atoms with E-state index in [1.807, 2.05) is 60.7 Å². The quantitative estimate of drug-likeness (QED) is 0.221. The number of aromatic nitrogens is 1. The maximum atomic E-state index is 13.4. The van der Waals surface area contributed by atoms with Gasteiger partial charge in [-0.05, 0) is 11.1 Å². The van der Waals surface area contributed by atoms with Crippen LogP contribution in [0.25, 0.3) is 0 Å². The van der Waals surface area contributed by atoms with Crippen molar-refractivity contribution >= 4 is 17.8 Å². The Kier molecular flexibility index (Phi) is 12.7. The highest BCUT2D eigenvalue weighted by Gasteiger charge is 2.33. The van der Waals surface area contributed by atoms with Gasteiger partial charge in [-0.3, -0.25) is 9.59 Å². The van der Waals surface area contributed by atoms with E-state index in [1.54, 1.807) is 13.8 Å². The molecule has 3 aromatic rings. The van der Waals surface area contributed by atoms with Crippen LogP contribution in [-0.4, -0.2) is 74.8 Å². The van der Waals surface area contributed by atoms with Crippen molar-refractivity contribution in [1.29, 1.82) is 0 Å². The zero-order valence-corrected chi connectivity index (χ0v) is 25.5. The molecule has 4 rings (SSSR count). The molecule has 1 N–H and O–H groups in total. The lowest BCUT2D eigenvalue weighted by Gasteiger charge is -2.26. The van der Waals surface area contributed by atoms with E-state index in [-0.39, 0.29) is 49.5 Å². The number of hydrogen-bond acceptors (Lipinski definition) is 11. The lowest BCUT2D eigenvalue weighted by Crippen LogP contribution is -2.45. The Morgan fingerprint density at radius 2 is 1.53 bits per heavy atom. The summed E-state index contributed by atoms with van der Waals surface area (Å²) in [4.78, 5) is 42.5. The maximum Gasteiger partial charge on any atom is 0.331 e. The molecule has 0 spiro atoms. The molecule has 1 saturated heterocycles. The van der Waals surface area contributed by atoms with E-state index in [9.17, 15) is 14.4 Å². The van der Waals surface area contributed by atoms with Crippen LogP contribution in [-0.2, 0) is 46.5 Å². The zero-order valence-electron chi connectivity index (χ0n) is 25.5. The molecule has 1 aliphatic rings. The van der Waals surface area contributed by atoms with E-state index in [1.165, 1.54) is 19.4 Å². The standard InChI is InChI=1S/C33H38N2O10/c1-22(2)32(37)45-21-44-30-26(39-3)14-15-34-29(30)31(36)35-25-18-40-19-27(41-16-23-10-6-4-7-11-23)28(20-43-33(25)38)42-17-24-12-8-5-9-13-24/h4-15,22,25,27-28H,16-21H2,1-3H3,(H,35,36). The maximum absolute atomic E-state index is 13.4. The summed E-state index contributed by atoms with van der Waals surface area (Å²) in [7, 11) is 1.39. The Hall–Kier alpha value is -4.52. The number of cyclic esters (lactones) is 1. The molecule has 2 heterocycles. The number of ether oxygens (including phenoxy) is 7. The van der Waals surface area contributed by atoms with Gasteiger partial charge in [0.1, 0.15) is 18.8 Å². The van der Waals surface area contributed by atoms with Gasteiger partial charge in [0, 0.05) is 12.3 Å². The lowest BCUT2D eigenvalue weighted by molar-refractivity contribution is -0.156. The molecule has 1 aromatic heterocycles. The summed E-state index contributed by atoms with van der Waals surface area (Å²) in [5.74, 6) is -2.20. The van der Waals surface area contributed by atoms with E-state index in [2.05, 4.69) is 10.3 Å². The largest absolute Gasteiger partial charge is 0.493 e. The van der Waals surface area contributed by atoms with Crippen molar-refractivity contribution in [3.8, 4) is 11.5 Å². The molecule has 1 amide bonds. The van der Waals surface area contributed by atoms with Crippen LogP contribution in [0.2, 0.25) is 0 Å². The first-order chi connectivity index (χ1) is 21.9. The normalized spacial score (nSPS) is 18.6. The van der Waals surface area contributed by atoms with Gasteiger partial charge in [-0.25, -0.2) is 9.78 Å². The van der Waals surface area contributed by atoms with Gasteiger partial charge in [0.15, 0.2) is 23.2 Å². The first kappa shape index (κ1) is 33.4. The molecule has 2 aromatic carbocycles. The van der Waals surface area contributed by atoms with E-state index in [0.717, 1.165) is 11.1 Å². The fourth-order valence-corrected chi connectivity index (χ4v) is 4.25. The third-order valence-corrected chi connectivity index (χ3v) is 6.75. The van der Waals surface area contributed by atoms with Crippen LogP contribution >= 0.6 is 0 Å². The molecule has 240 valence electrons. The average molecular weight is 623 g/mol. The highest BCUT2D eigenvalue weighted by Crippen LogP contribution is 2.29. The third kappa shape index (κ3) is 10.00. The van der Waals surface area contributed by atoms with E-state index >= 15 is 0 Å². The van der Waals surface area contributed by atoms with Crippen LogP contribution in [0.1, 0.15) is 35.5 Å². The SMILES string of the molecule is COc1ccnc(C(=O)NC2COCC(OCc3ccccc3)C(OCc3ccccc3)COC2=O)c1OCOC(=O)C(C)C. The van der Waals surface area contributed by atoms with Crippen LogP contribution in [0.5, 0.6) is 11.5 Å². The number of carbonyl (C=O) groups is 3. The minimum Gasteiger partial charge on any atom is -0.493 e. The summed E-state index contributed by atoms with van der Waals surface area (Å²) in [6.07, 6.45) is 0.118. The van der Waals surface area contributed by atoms with Crippen LogP contribution in [0.3, 0.4) is 0 Å². The van der Waals surface area contributed by atoms with Crippen LogP contribution in [0.4, 0.5) is 0 Å². The zero-order chi connectivity index (χ0) is 32.0. The first-order valence-electron chi connectivity index (χ1n) is 14.5. The van der Waals surface area contributed by atoms with Gasteiger partial charge in [0.25, 0.3) is 5.91 Å². The van der Waals surface area contributed by atoms with Crippen molar-refractivity contribution in [2.45, 2.75) is 45.3 Å². The van der Waals surface area contributed by atoms with Gasteiger partial charge in [-0.1, -0.05) is 74.5 Å². The summed E-state index contributed by atoms with van der Waals surface area (Å²) < 4.78 is 39.8. The number of amides is 1. The average Bonchev–Trinajstić information content (AvgIpc) is 3.13. The second-order valence-electron chi connectivity index (χ2n) is 10.4. The molecule has 1 fully saturated rings. The van der Waals surface area contributed by atoms with Gasteiger partial charge < -0.3 is 38.5 Å². The molecular formula is C33H38N2O10. The number of esters is 2. The van der Waals surface area contributed by atoms with Gasteiger partial charge in [0.2, 0.25) is 6.79 Å². The lowest BCUT2D eigenvalue weighted by atomic mass is 10.2. The van der Waals surface area contributed by atoms with Gasteiger partial charge in [-0.2, -0.15) is 0 Å². The number of benzene rings is 2. The number of hydrogen-bond donors (Lipinski definition) is 1. The van der Waals surface area contributed by atoms with Crippen molar-refractivity contribution in [3.05, 3.63) is 89.7 Å². The number of rotatable bonds is 13. The number of pyridine rings is 1. The molecule has 0 bridgehead atoms. The Morgan fingerprint density at radius 3 is 2.13 bits per heavy atom. The molecule has 1 aliphatic heterocycles. The number of nitrogens with zero attached hydrogens (tertiary/aromatic N) is 1. The van der Waals surface area contributed by atoms with Gasteiger partial charge in [-0.15, -0.1) is 0 Å². The van der Waals surface area contributed by atoms with E-state index < -0.39 is 42.9 Å². The van der Waals surface area contributed by atoms with Crippen molar-refractivity contribution in [2.24, 2.45) is 5.92 Å². The van der Waals surface area contributed by atoms with Crippen molar-refractivity contribution < 1.29 is 47.5 Å². The summed E-state index contributed by atoms with van der Waals surface area (Å²) >= 11 is 0. The van der Waals surface area contributed by atoms with Crippen molar-refractivity contribution in [3.63, 3.8) is 0 Å². The summed E-state index contributed by atoms with van der Waals surface area (Å²) in [5, 5.41) is 2.61. The molecule has 0 radical (unpaired) electrons. The molecule has 12 heteroatoms. The highest BCUT2D eigenvalue weighted by atomic mass is 16.7. The Bertz CT molecular complexity index is 1390. The molecule has 3 atom stereocenters. The topological polar surface area (TPSA) is 141 Å². The smallest absolute Gasteiger partial charge is 0.331 e. The molecular weight excluding hydrogens is 584 g/mol. The predicted octanol–water partition coefficient (Wildman–Crippen LogP) is 3.47. The summed E-state index contributed by atoms with van der Waals surface area (Å²) in [5.41, 5.74) is 1.72. The molecule has 45 heavy (non-hydrogen) atoms. The fraction of sp³-hybridized carbons (Fsp3) is 0.394. The van der Waals surface area contributed by atoms with Crippen LogP contribution < -0.4 is 14.8 Å². The molecule has 0 saturated carbocycles. The van der Waals surface area contributed by atoms with Gasteiger partial charge >= 0.3 is 11.9 Å². The summed E-state index contributed by atoms with van der Waals surface area (Å²) in [6.45, 7) is 3.20. The Morgan fingerprint density at radius 1 is 0.911 bits per heavy atom. The summed E-state index contributed by atoms with van der Waals surface area (Å²) in [6, 6.07) is 19.6. The fourth-order valence-electron chi connectivity index (χ4n) is 4.25. The predicted molar refractivity (Wildman–Crippen MR) is 160 cm³/mol. The monoisotopic (exact) mass is 622 g/mol.